The lowest BCUT2D eigenvalue weighted by Crippen LogP contribution is -1.98. The molecule has 0 saturated heterocycles. The van der Waals surface area contributed by atoms with Gasteiger partial charge in [-0.05, 0) is 18.2 Å². The monoisotopic (exact) mass is 265 g/mol. The fourth-order valence-corrected chi connectivity index (χ4v) is 1.56. The number of nitrogens with two attached hydrogens (primary N) is 1. The molecule has 0 bridgehead atoms. The van der Waals surface area contributed by atoms with Crippen LogP contribution in [0.4, 0.5) is 31.5 Å². The normalized spacial score (nSPS) is 10.2. The van der Waals surface area contributed by atoms with Crippen molar-refractivity contribution in [3.8, 4) is 0 Å². The van der Waals surface area contributed by atoms with Crippen molar-refractivity contribution in [2.45, 2.75) is 0 Å². The Morgan fingerprint density at radius 2 is 1.74 bits per heavy atom. The highest BCUT2D eigenvalue weighted by atomic mass is 19.1. The minimum Gasteiger partial charge on any atom is -0.397 e. The predicted octanol–water partition coefficient (Wildman–Crippen LogP) is 3.20. The average Bonchev–Trinajstić information content (AvgIpc) is 2.30. The Morgan fingerprint density at radius 1 is 1.11 bits per heavy atom. The van der Waals surface area contributed by atoms with Gasteiger partial charge >= 0.3 is 0 Å². The molecule has 0 spiro atoms. The number of rotatable bonds is 3. The summed E-state index contributed by atoms with van der Waals surface area (Å²) in [4.78, 5) is 9.96. The highest BCUT2D eigenvalue weighted by Crippen LogP contribution is 2.27. The predicted molar refractivity (Wildman–Crippen MR) is 67.1 cm³/mol. The first-order valence-corrected chi connectivity index (χ1v) is 5.23. The maximum atomic E-state index is 13.0. The van der Waals surface area contributed by atoms with Gasteiger partial charge in [0.05, 0.1) is 16.3 Å². The van der Waals surface area contributed by atoms with E-state index in [0.717, 1.165) is 24.3 Å². The van der Waals surface area contributed by atoms with Crippen LogP contribution in [0.2, 0.25) is 0 Å². The van der Waals surface area contributed by atoms with Gasteiger partial charge in [-0.1, -0.05) is 0 Å². The van der Waals surface area contributed by atoms with Crippen LogP contribution < -0.4 is 11.1 Å². The highest BCUT2D eigenvalue weighted by molar-refractivity contribution is 5.74. The third-order valence-electron chi connectivity index (χ3n) is 2.39. The molecule has 0 fully saturated rings. The zero-order valence-corrected chi connectivity index (χ0v) is 9.56. The van der Waals surface area contributed by atoms with Gasteiger partial charge in [0.2, 0.25) is 0 Å². The van der Waals surface area contributed by atoms with E-state index in [1.807, 2.05) is 0 Å². The van der Waals surface area contributed by atoms with E-state index in [1.165, 1.54) is 12.1 Å². The Kier molecular flexibility index (Phi) is 3.28. The molecule has 0 aromatic heterocycles. The molecule has 5 nitrogen and oxygen atoms in total. The first kappa shape index (κ1) is 12.7. The number of anilines is 3. The molecule has 19 heavy (non-hydrogen) atoms. The number of hydrogen-bond donors (Lipinski definition) is 2. The van der Waals surface area contributed by atoms with Crippen LogP contribution in [-0.2, 0) is 0 Å². The number of hydrogen-bond acceptors (Lipinski definition) is 4. The smallest absolute Gasteiger partial charge is 0.271 e. The van der Waals surface area contributed by atoms with Crippen LogP contribution in [0, 0.1) is 21.7 Å². The summed E-state index contributed by atoms with van der Waals surface area (Å²) in [6.45, 7) is 0. The lowest BCUT2D eigenvalue weighted by Gasteiger charge is -2.09. The Labute approximate surface area is 106 Å². The number of benzene rings is 2. The van der Waals surface area contributed by atoms with Crippen LogP contribution in [-0.4, -0.2) is 4.92 Å². The molecule has 2 rings (SSSR count). The molecular formula is C12H9F2N3O2. The maximum Gasteiger partial charge on any atom is 0.271 e. The zero-order chi connectivity index (χ0) is 14.0. The highest BCUT2D eigenvalue weighted by Gasteiger charge is 2.09. The molecule has 98 valence electrons. The van der Waals surface area contributed by atoms with Crippen LogP contribution in [0.5, 0.6) is 0 Å². The summed E-state index contributed by atoms with van der Waals surface area (Å²) in [5, 5.41) is 13.2. The van der Waals surface area contributed by atoms with Gasteiger partial charge in [0, 0.05) is 23.9 Å². The van der Waals surface area contributed by atoms with E-state index in [0.29, 0.717) is 5.69 Å². The Morgan fingerprint density at radius 3 is 2.26 bits per heavy atom. The lowest BCUT2D eigenvalue weighted by molar-refractivity contribution is -0.384. The third kappa shape index (κ3) is 2.95. The van der Waals surface area contributed by atoms with Crippen molar-refractivity contribution in [2.24, 2.45) is 0 Å². The molecule has 0 aliphatic rings. The molecule has 0 unspecified atom stereocenters. The minimum absolute atomic E-state index is 0.110. The SMILES string of the molecule is Nc1cc([N+](=O)[O-])ccc1Nc1cc(F)cc(F)c1. The second-order valence-corrected chi connectivity index (χ2v) is 3.81. The van der Waals surface area contributed by atoms with Crippen molar-refractivity contribution in [1.82, 2.24) is 0 Å². The largest absolute Gasteiger partial charge is 0.397 e. The van der Waals surface area contributed by atoms with Crippen LogP contribution >= 0.6 is 0 Å². The molecule has 0 aliphatic carbocycles. The van der Waals surface area contributed by atoms with Crippen LogP contribution in [0.25, 0.3) is 0 Å². The van der Waals surface area contributed by atoms with Crippen LogP contribution in [0.1, 0.15) is 0 Å². The van der Waals surface area contributed by atoms with E-state index in [-0.39, 0.29) is 17.1 Å². The van der Waals surface area contributed by atoms with E-state index in [1.54, 1.807) is 0 Å². The lowest BCUT2D eigenvalue weighted by atomic mass is 10.2. The standard InChI is InChI=1S/C12H9F2N3O2/c13-7-3-8(14)5-9(4-7)16-12-2-1-10(17(18)19)6-11(12)15/h1-6,16H,15H2. The molecule has 0 atom stereocenters. The maximum absolute atomic E-state index is 13.0. The van der Waals surface area contributed by atoms with E-state index in [9.17, 15) is 18.9 Å². The second-order valence-electron chi connectivity index (χ2n) is 3.81. The molecule has 0 radical (unpaired) electrons. The molecule has 0 heterocycles. The number of nitrogens with one attached hydrogen (secondary N) is 1. The molecular weight excluding hydrogens is 256 g/mol. The minimum atomic E-state index is -0.733. The van der Waals surface area contributed by atoms with Gasteiger partial charge in [0.25, 0.3) is 5.69 Å². The van der Waals surface area contributed by atoms with E-state index >= 15 is 0 Å². The van der Waals surface area contributed by atoms with Crippen molar-refractivity contribution in [3.05, 3.63) is 58.1 Å². The third-order valence-corrected chi connectivity index (χ3v) is 2.39. The summed E-state index contributed by atoms with van der Waals surface area (Å²) in [6, 6.07) is 6.70. The van der Waals surface area contributed by atoms with Crippen LogP contribution in [0.15, 0.2) is 36.4 Å². The summed E-state index contributed by atoms with van der Waals surface area (Å²) in [7, 11) is 0. The summed E-state index contributed by atoms with van der Waals surface area (Å²) in [5.41, 5.74) is 6.07. The summed E-state index contributed by atoms with van der Waals surface area (Å²) >= 11 is 0. The number of nitrogens with zero attached hydrogens (tertiary/aromatic N) is 1. The van der Waals surface area contributed by atoms with Crippen LogP contribution in [0.3, 0.4) is 0 Å². The number of nitro benzene ring substituents is 1. The van der Waals surface area contributed by atoms with Crippen molar-refractivity contribution in [1.29, 1.82) is 0 Å². The molecule has 0 saturated carbocycles. The number of non-ortho nitro benzene ring substituents is 1. The molecule has 2 aromatic carbocycles. The summed E-state index contributed by atoms with van der Waals surface area (Å²) in [6.07, 6.45) is 0. The molecule has 0 amide bonds. The quantitative estimate of drug-likeness (QED) is 0.507. The van der Waals surface area contributed by atoms with Crippen molar-refractivity contribution in [2.75, 3.05) is 11.1 Å². The number of nitrogen functional groups attached to an aromatic ring is 1. The van der Waals surface area contributed by atoms with Gasteiger partial charge in [-0.25, -0.2) is 8.78 Å². The van der Waals surface area contributed by atoms with E-state index < -0.39 is 16.6 Å². The molecule has 2 aromatic rings. The fraction of sp³-hybridized carbons (Fsp3) is 0. The summed E-state index contributed by atoms with van der Waals surface area (Å²) < 4.78 is 26.0. The zero-order valence-electron chi connectivity index (χ0n) is 9.56. The van der Waals surface area contributed by atoms with Gasteiger partial charge < -0.3 is 11.1 Å². The van der Waals surface area contributed by atoms with E-state index in [4.69, 9.17) is 5.73 Å². The van der Waals surface area contributed by atoms with Gasteiger partial charge in [-0.2, -0.15) is 0 Å². The topological polar surface area (TPSA) is 81.2 Å². The van der Waals surface area contributed by atoms with Crippen molar-refractivity contribution < 1.29 is 13.7 Å². The second kappa shape index (κ2) is 4.89. The Bertz CT molecular complexity index is 627. The molecule has 7 heteroatoms. The first-order chi connectivity index (χ1) is 8.95. The number of nitro groups is 1. The number of halogens is 2. The molecule has 3 N–H and O–H groups in total. The van der Waals surface area contributed by atoms with Crippen molar-refractivity contribution in [3.63, 3.8) is 0 Å². The Hall–Kier alpha value is -2.70. The first-order valence-electron chi connectivity index (χ1n) is 5.23. The van der Waals surface area contributed by atoms with Gasteiger partial charge in [0.15, 0.2) is 0 Å². The van der Waals surface area contributed by atoms with Gasteiger partial charge in [0.1, 0.15) is 11.6 Å². The van der Waals surface area contributed by atoms with Gasteiger partial charge in [-0.3, -0.25) is 10.1 Å². The Balaban J connectivity index is 2.30. The van der Waals surface area contributed by atoms with E-state index in [2.05, 4.69) is 5.32 Å². The summed E-state index contributed by atoms with van der Waals surface area (Å²) in [5.74, 6) is -1.47. The fourth-order valence-electron chi connectivity index (χ4n) is 1.56. The van der Waals surface area contributed by atoms with Crippen molar-refractivity contribution >= 4 is 22.7 Å². The average molecular weight is 265 g/mol. The van der Waals surface area contributed by atoms with Gasteiger partial charge in [-0.15, -0.1) is 0 Å². The molecule has 0 aliphatic heterocycles.